The van der Waals surface area contributed by atoms with Crippen molar-refractivity contribution >= 4 is 23.2 Å². The summed E-state index contributed by atoms with van der Waals surface area (Å²) in [5, 5.41) is 2.93. The van der Waals surface area contributed by atoms with Crippen molar-refractivity contribution < 1.29 is 9.59 Å². The number of amides is 2. The zero-order valence-corrected chi connectivity index (χ0v) is 17.1. The maximum Gasteiger partial charge on any atom is 0.274 e. The highest BCUT2D eigenvalue weighted by Gasteiger charge is 2.20. The molecule has 0 aliphatic carbocycles. The van der Waals surface area contributed by atoms with Crippen molar-refractivity contribution in [2.24, 2.45) is 0 Å². The van der Waals surface area contributed by atoms with Gasteiger partial charge in [0.05, 0.1) is 0 Å². The molecule has 148 valence electrons. The molecule has 1 N–H and O–H groups in total. The Morgan fingerprint density at radius 1 is 0.931 bits per heavy atom. The second-order valence-electron chi connectivity index (χ2n) is 7.88. The molecule has 0 bridgehead atoms. The normalized spacial score (nSPS) is 11.0. The predicted octanol–water partition coefficient (Wildman–Crippen LogP) is 4.91. The van der Waals surface area contributed by atoms with Crippen LogP contribution < -0.4 is 10.2 Å². The van der Waals surface area contributed by atoms with E-state index in [1.54, 1.807) is 18.0 Å². The lowest BCUT2D eigenvalue weighted by Crippen LogP contribution is -2.27. The molecule has 0 saturated carbocycles. The Kier molecular flexibility index (Phi) is 5.78. The van der Waals surface area contributed by atoms with Crippen molar-refractivity contribution in [3.05, 3.63) is 89.7 Å². The number of nitrogens with zero attached hydrogens (tertiary/aromatic N) is 2. The van der Waals surface area contributed by atoms with Crippen molar-refractivity contribution in [1.29, 1.82) is 0 Å². The van der Waals surface area contributed by atoms with Crippen LogP contribution >= 0.6 is 0 Å². The number of carbonyl (C=O) groups excluding carboxylic acids is 2. The third-order valence-corrected chi connectivity index (χ3v) is 4.67. The van der Waals surface area contributed by atoms with Crippen molar-refractivity contribution in [3.63, 3.8) is 0 Å². The van der Waals surface area contributed by atoms with E-state index in [0.717, 1.165) is 16.9 Å². The summed E-state index contributed by atoms with van der Waals surface area (Å²) >= 11 is 0. The van der Waals surface area contributed by atoms with Crippen LogP contribution in [0.4, 0.5) is 11.4 Å². The lowest BCUT2D eigenvalue weighted by molar-refractivity contribution is 0.0993. The van der Waals surface area contributed by atoms with Gasteiger partial charge in [-0.2, -0.15) is 0 Å². The Hall–Kier alpha value is -3.47. The van der Waals surface area contributed by atoms with Gasteiger partial charge in [-0.15, -0.1) is 0 Å². The standard InChI is InChI=1S/C24H25N3O2/c1-24(2,3)19-12-8-9-13-20(19)26-22(28)21-16-17(14-15-25-21)23(29)27(4)18-10-6-5-7-11-18/h5-16H,1-4H3,(H,26,28). The number of pyridine rings is 1. The summed E-state index contributed by atoms with van der Waals surface area (Å²) in [6, 6.07) is 20.2. The van der Waals surface area contributed by atoms with Crippen LogP contribution in [0.15, 0.2) is 72.9 Å². The molecule has 2 amide bonds. The van der Waals surface area contributed by atoms with Crippen molar-refractivity contribution in [2.45, 2.75) is 26.2 Å². The van der Waals surface area contributed by atoms with Crippen molar-refractivity contribution in [1.82, 2.24) is 4.98 Å². The van der Waals surface area contributed by atoms with Crippen molar-refractivity contribution in [2.75, 3.05) is 17.3 Å². The average molecular weight is 387 g/mol. The summed E-state index contributed by atoms with van der Waals surface area (Å²) in [6.07, 6.45) is 1.48. The lowest BCUT2D eigenvalue weighted by Gasteiger charge is -2.23. The number of hydrogen-bond acceptors (Lipinski definition) is 3. The summed E-state index contributed by atoms with van der Waals surface area (Å²) in [7, 11) is 1.71. The van der Waals surface area contributed by atoms with Crippen molar-refractivity contribution in [3.8, 4) is 0 Å². The van der Waals surface area contributed by atoms with Crippen LogP contribution in [0.25, 0.3) is 0 Å². The SMILES string of the molecule is CN(C(=O)c1ccnc(C(=O)Nc2ccccc2C(C)(C)C)c1)c1ccccc1. The number of aromatic nitrogens is 1. The van der Waals surface area contributed by atoms with Crippen LogP contribution in [0.1, 0.15) is 47.2 Å². The number of rotatable bonds is 4. The molecule has 1 heterocycles. The molecule has 29 heavy (non-hydrogen) atoms. The first-order valence-corrected chi connectivity index (χ1v) is 9.47. The Morgan fingerprint density at radius 2 is 1.59 bits per heavy atom. The first-order valence-electron chi connectivity index (χ1n) is 9.47. The Morgan fingerprint density at radius 3 is 2.28 bits per heavy atom. The molecule has 0 aliphatic heterocycles. The number of hydrogen-bond donors (Lipinski definition) is 1. The Bertz CT molecular complexity index is 1020. The minimum Gasteiger partial charge on any atom is -0.320 e. The van der Waals surface area contributed by atoms with Crippen LogP contribution in [-0.2, 0) is 5.41 Å². The molecule has 3 aromatic rings. The minimum absolute atomic E-state index is 0.118. The number of anilines is 2. The van der Waals surface area contributed by atoms with Gasteiger partial charge in [0.1, 0.15) is 5.69 Å². The molecule has 0 fully saturated rings. The number of para-hydroxylation sites is 2. The minimum atomic E-state index is -0.348. The van der Waals surface area contributed by atoms with Gasteiger partial charge in [0, 0.05) is 30.2 Å². The molecular weight excluding hydrogens is 362 g/mol. The fourth-order valence-electron chi connectivity index (χ4n) is 3.08. The topological polar surface area (TPSA) is 62.3 Å². The molecule has 2 aromatic carbocycles. The maximum atomic E-state index is 12.8. The molecule has 5 heteroatoms. The van der Waals surface area contributed by atoms with Crippen LogP contribution in [0, 0.1) is 0 Å². The Balaban J connectivity index is 1.83. The molecule has 0 aliphatic rings. The predicted molar refractivity (Wildman–Crippen MR) is 117 cm³/mol. The third kappa shape index (κ3) is 4.69. The second kappa shape index (κ2) is 8.27. The summed E-state index contributed by atoms with van der Waals surface area (Å²) in [5.41, 5.74) is 3.03. The molecule has 0 saturated heterocycles. The fraction of sp³-hybridized carbons (Fsp3) is 0.208. The highest BCUT2D eigenvalue weighted by molar-refractivity contribution is 6.08. The molecular formula is C24H25N3O2. The van der Waals surface area contributed by atoms with Gasteiger partial charge in [0.2, 0.25) is 0 Å². The maximum absolute atomic E-state index is 12.8. The molecule has 0 unspecified atom stereocenters. The summed E-state index contributed by atoms with van der Waals surface area (Å²) in [4.78, 5) is 31.3. The van der Waals surface area contributed by atoms with Gasteiger partial charge in [-0.25, -0.2) is 0 Å². The largest absolute Gasteiger partial charge is 0.320 e. The van der Waals surface area contributed by atoms with Gasteiger partial charge >= 0.3 is 0 Å². The summed E-state index contributed by atoms with van der Waals surface area (Å²) in [6.45, 7) is 6.28. The zero-order chi connectivity index (χ0) is 21.0. The highest BCUT2D eigenvalue weighted by atomic mass is 16.2. The van der Waals surface area contributed by atoms with E-state index >= 15 is 0 Å². The van der Waals surface area contributed by atoms with E-state index in [4.69, 9.17) is 0 Å². The van der Waals surface area contributed by atoms with Gasteiger partial charge in [-0.05, 0) is 41.3 Å². The van der Waals surface area contributed by atoms with E-state index in [1.807, 2.05) is 54.6 Å². The van der Waals surface area contributed by atoms with E-state index in [-0.39, 0.29) is 22.9 Å². The summed E-state index contributed by atoms with van der Waals surface area (Å²) < 4.78 is 0. The van der Waals surface area contributed by atoms with Crippen LogP contribution in [0.2, 0.25) is 0 Å². The quantitative estimate of drug-likeness (QED) is 0.692. The van der Waals surface area contributed by atoms with E-state index in [9.17, 15) is 9.59 Å². The fourth-order valence-corrected chi connectivity index (χ4v) is 3.08. The molecule has 0 radical (unpaired) electrons. The highest BCUT2D eigenvalue weighted by Crippen LogP contribution is 2.29. The van der Waals surface area contributed by atoms with E-state index < -0.39 is 0 Å². The molecule has 5 nitrogen and oxygen atoms in total. The van der Waals surface area contributed by atoms with E-state index in [2.05, 4.69) is 31.1 Å². The van der Waals surface area contributed by atoms with E-state index in [1.165, 1.54) is 12.3 Å². The van der Waals surface area contributed by atoms with Crippen LogP contribution in [0.5, 0.6) is 0 Å². The van der Waals surface area contributed by atoms with Gasteiger partial charge in [0.15, 0.2) is 0 Å². The number of carbonyl (C=O) groups is 2. The smallest absolute Gasteiger partial charge is 0.274 e. The van der Waals surface area contributed by atoms with Gasteiger partial charge in [0.25, 0.3) is 11.8 Å². The average Bonchev–Trinajstić information content (AvgIpc) is 2.73. The number of nitrogens with one attached hydrogen (secondary N) is 1. The first kappa shape index (κ1) is 20.3. The Labute approximate surface area is 171 Å². The van der Waals surface area contributed by atoms with Gasteiger partial charge in [-0.1, -0.05) is 57.2 Å². The van der Waals surface area contributed by atoms with Gasteiger partial charge < -0.3 is 10.2 Å². The molecule has 0 spiro atoms. The monoisotopic (exact) mass is 387 g/mol. The molecule has 3 rings (SSSR count). The van der Waals surface area contributed by atoms with Crippen LogP contribution in [0.3, 0.4) is 0 Å². The third-order valence-electron chi connectivity index (χ3n) is 4.67. The first-order chi connectivity index (χ1) is 13.8. The lowest BCUT2D eigenvalue weighted by atomic mass is 9.86. The number of benzene rings is 2. The molecule has 0 atom stereocenters. The summed E-state index contributed by atoms with van der Waals surface area (Å²) in [5.74, 6) is -0.554. The van der Waals surface area contributed by atoms with Gasteiger partial charge in [-0.3, -0.25) is 14.6 Å². The van der Waals surface area contributed by atoms with Crippen LogP contribution in [-0.4, -0.2) is 23.8 Å². The second-order valence-corrected chi connectivity index (χ2v) is 7.88. The van der Waals surface area contributed by atoms with E-state index in [0.29, 0.717) is 5.56 Å². The zero-order valence-electron chi connectivity index (χ0n) is 17.1. The molecule has 1 aromatic heterocycles.